The fraction of sp³-hybridized carbons (Fsp3) is 0. The molecule has 0 bridgehead atoms. The van der Waals surface area contributed by atoms with E-state index in [-0.39, 0.29) is 0 Å². The van der Waals surface area contributed by atoms with Crippen LogP contribution >= 0.6 is 11.6 Å². The van der Waals surface area contributed by atoms with E-state index in [0.29, 0.717) is 28.2 Å². The summed E-state index contributed by atoms with van der Waals surface area (Å²) in [7, 11) is 0. The number of hydrogen-bond donors (Lipinski definition) is 0. The maximum absolute atomic E-state index is 6.20. The summed E-state index contributed by atoms with van der Waals surface area (Å²) in [6.07, 6.45) is 1.65. The molecule has 0 aliphatic rings. The first-order valence-corrected chi connectivity index (χ1v) is 10.2. The van der Waals surface area contributed by atoms with Crippen LogP contribution in [0.25, 0.3) is 45.4 Å². The maximum atomic E-state index is 6.20. The highest BCUT2D eigenvalue weighted by Gasteiger charge is 2.15. The van der Waals surface area contributed by atoms with Crippen LogP contribution in [0, 0.1) is 0 Å². The number of rotatable bonds is 4. The first-order valence-electron chi connectivity index (χ1n) is 9.86. The van der Waals surface area contributed by atoms with Crippen LogP contribution in [0.3, 0.4) is 0 Å². The Morgan fingerprint density at radius 3 is 1.81 bits per heavy atom. The molecule has 5 rings (SSSR count). The van der Waals surface area contributed by atoms with Crippen molar-refractivity contribution >= 4 is 11.6 Å². The highest BCUT2D eigenvalue weighted by molar-refractivity contribution is 6.30. The third-order valence-corrected chi connectivity index (χ3v) is 5.11. The van der Waals surface area contributed by atoms with Gasteiger partial charge in [-0.05, 0) is 23.3 Å². The second kappa shape index (κ2) is 8.46. The lowest BCUT2D eigenvalue weighted by atomic mass is 9.99. The maximum Gasteiger partial charge on any atom is 0.182 e. The fourth-order valence-electron chi connectivity index (χ4n) is 3.40. The van der Waals surface area contributed by atoms with Gasteiger partial charge in [0.25, 0.3) is 0 Å². The summed E-state index contributed by atoms with van der Waals surface area (Å²) in [6, 6.07) is 31.7. The molecule has 0 atom stereocenters. The van der Waals surface area contributed by atoms with E-state index in [1.54, 1.807) is 18.3 Å². The molecule has 0 saturated carbocycles. The predicted octanol–water partition coefficient (Wildman–Crippen LogP) is 6.59. The molecule has 5 aromatic rings. The van der Waals surface area contributed by atoms with Gasteiger partial charge < -0.3 is 0 Å². The molecule has 2 heterocycles. The molecule has 0 radical (unpaired) electrons. The Morgan fingerprint density at radius 1 is 0.516 bits per heavy atom. The van der Waals surface area contributed by atoms with Crippen molar-refractivity contribution in [2.24, 2.45) is 0 Å². The van der Waals surface area contributed by atoms with Gasteiger partial charge in [0.1, 0.15) is 5.69 Å². The van der Waals surface area contributed by atoms with E-state index < -0.39 is 0 Å². The second-order valence-electron chi connectivity index (χ2n) is 6.94. The summed E-state index contributed by atoms with van der Waals surface area (Å²) < 4.78 is 0. The minimum atomic E-state index is 0.481. The number of hydrogen-bond acceptors (Lipinski definition) is 4. The number of halogens is 1. The van der Waals surface area contributed by atoms with Crippen molar-refractivity contribution in [3.8, 4) is 45.4 Å². The summed E-state index contributed by atoms with van der Waals surface area (Å²) in [4.78, 5) is 18.7. The Kier molecular flexibility index (Phi) is 5.21. The first kappa shape index (κ1) is 19.1. The van der Waals surface area contributed by atoms with Crippen molar-refractivity contribution in [3.63, 3.8) is 0 Å². The standard InChI is InChI=1S/C26H17ClN4/c27-20-15-16-28-23(17-20)26-30-24(19-11-5-2-6-12-19)29-25(31-26)22-14-8-7-13-21(22)18-9-3-1-4-10-18/h1-17H. The minimum Gasteiger partial charge on any atom is -0.253 e. The zero-order valence-corrected chi connectivity index (χ0v) is 17.2. The van der Waals surface area contributed by atoms with Gasteiger partial charge in [0.2, 0.25) is 0 Å². The lowest BCUT2D eigenvalue weighted by molar-refractivity contribution is 1.06. The van der Waals surface area contributed by atoms with Crippen molar-refractivity contribution in [2.75, 3.05) is 0 Å². The average Bonchev–Trinajstić information content (AvgIpc) is 2.85. The van der Waals surface area contributed by atoms with Crippen LogP contribution in [0.15, 0.2) is 103 Å². The van der Waals surface area contributed by atoms with Gasteiger partial charge in [0.15, 0.2) is 17.5 Å². The molecular weight excluding hydrogens is 404 g/mol. The molecular formula is C26H17ClN4. The van der Waals surface area contributed by atoms with Crippen LogP contribution in [0.2, 0.25) is 5.02 Å². The van der Waals surface area contributed by atoms with Crippen molar-refractivity contribution in [1.29, 1.82) is 0 Å². The number of aromatic nitrogens is 4. The highest BCUT2D eigenvalue weighted by Crippen LogP contribution is 2.32. The van der Waals surface area contributed by atoms with Gasteiger partial charge >= 0.3 is 0 Å². The molecule has 2 aromatic heterocycles. The smallest absolute Gasteiger partial charge is 0.182 e. The largest absolute Gasteiger partial charge is 0.253 e. The Morgan fingerprint density at radius 2 is 1.10 bits per heavy atom. The van der Waals surface area contributed by atoms with E-state index in [2.05, 4.69) is 23.2 Å². The molecule has 0 N–H and O–H groups in total. The second-order valence-corrected chi connectivity index (χ2v) is 7.38. The average molecular weight is 421 g/mol. The molecule has 5 heteroatoms. The van der Waals surface area contributed by atoms with Crippen LogP contribution in [0.5, 0.6) is 0 Å². The molecule has 0 unspecified atom stereocenters. The quantitative estimate of drug-likeness (QED) is 0.329. The summed E-state index contributed by atoms with van der Waals surface area (Å²) in [5, 5.41) is 0.581. The van der Waals surface area contributed by atoms with E-state index >= 15 is 0 Å². The molecule has 0 saturated heterocycles. The van der Waals surface area contributed by atoms with Crippen LogP contribution in [0.4, 0.5) is 0 Å². The minimum absolute atomic E-state index is 0.481. The molecule has 0 aliphatic heterocycles. The summed E-state index contributed by atoms with van der Waals surface area (Å²) in [5.74, 6) is 1.66. The third kappa shape index (κ3) is 4.06. The number of pyridine rings is 1. The van der Waals surface area contributed by atoms with Crippen LogP contribution < -0.4 is 0 Å². The van der Waals surface area contributed by atoms with Gasteiger partial charge in [-0.1, -0.05) is 96.5 Å². The fourth-order valence-corrected chi connectivity index (χ4v) is 3.56. The summed E-state index contributed by atoms with van der Waals surface area (Å²) >= 11 is 6.20. The third-order valence-electron chi connectivity index (χ3n) is 4.87. The van der Waals surface area contributed by atoms with Crippen molar-refractivity contribution in [2.45, 2.75) is 0 Å². The first-order chi connectivity index (χ1) is 15.3. The SMILES string of the molecule is Clc1ccnc(-c2nc(-c3ccccc3)nc(-c3ccccc3-c3ccccc3)n2)c1. The van der Waals surface area contributed by atoms with Crippen molar-refractivity contribution in [1.82, 2.24) is 19.9 Å². The number of benzene rings is 3. The van der Waals surface area contributed by atoms with E-state index in [1.165, 1.54) is 0 Å². The van der Waals surface area contributed by atoms with Crippen molar-refractivity contribution < 1.29 is 0 Å². The Balaban J connectivity index is 1.74. The van der Waals surface area contributed by atoms with Gasteiger partial charge in [-0.3, -0.25) is 4.98 Å². The monoisotopic (exact) mass is 420 g/mol. The molecule has 4 nitrogen and oxygen atoms in total. The predicted molar refractivity (Wildman–Crippen MR) is 124 cm³/mol. The Bertz CT molecular complexity index is 1340. The topological polar surface area (TPSA) is 51.6 Å². The van der Waals surface area contributed by atoms with Gasteiger partial charge in [0.05, 0.1) is 0 Å². The normalized spacial score (nSPS) is 10.7. The van der Waals surface area contributed by atoms with E-state index in [4.69, 9.17) is 26.6 Å². The van der Waals surface area contributed by atoms with Crippen LogP contribution in [0.1, 0.15) is 0 Å². The molecule has 0 spiro atoms. The van der Waals surface area contributed by atoms with Gasteiger partial charge in [0, 0.05) is 22.3 Å². The lowest BCUT2D eigenvalue weighted by Crippen LogP contribution is -2.01. The molecule has 0 amide bonds. The van der Waals surface area contributed by atoms with Crippen LogP contribution in [-0.4, -0.2) is 19.9 Å². The molecule has 0 aliphatic carbocycles. The molecule has 31 heavy (non-hydrogen) atoms. The molecule has 0 fully saturated rings. The Hall–Kier alpha value is -3.89. The van der Waals surface area contributed by atoms with Gasteiger partial charge in [-0.15, -0.1) is 0 Å². The van der Waals surface area contributed by atoms with E-state index in [0.717, 1.165) is 22.3 Å². The van der Waals surface area contributed by atoms with E-state index in [1.807, 2.05) is 66.7 Å². The number of nitrogens with zero attached hydrogens (tertiary/aromatic N) is 4. The molecule has 3 aromatic carbocycles. The summed E-state index contributed by atoms with van der Waals surface area (Å²) in [5.41, 5.74) is 4.59. The van der Waals surface area contributed by atoms with Gasteiger partial charge in [-0.2, -0.15) is 0 Å². The zero-order chi connectivity index (χ0) is 21.0. The lowest BCUT2D eigenvalue weighted by Gasteiger charge is -2.11. The van der Waals surface area contributed by atoms with Crippen molar-refractivity contribution in [3.05, 3.63) is 108 Å². The van der Waals surface area contributed by atoms with E-state index in [9.17, 15) is 0 Å². The van der Waals surface area contributed by atoms with Gasteiger partial charge in [-0.25, -0.2) is 15.0 Å². The zero-order valence-electron chi connectivity index (χ0n) is 16.5. The van der Waals surface area contributed by atoms with Crippen LogP contribution in [-0.2, 0) is 0 Å². The summed E-state index contributed by atoms with van der Waals surface area (Å²) in [6.45, 7) is 0. The molecule has 148 valence electrons. The Labute approximate surface area is 185 Å². The highest BCUT2D eigenvalue weighted by atomic mass is 35.5.